The van der Waals surface area contributed by atoms with Gasteiger partial charge in [0.05, 0.1) is 12.7 Å². The second kappa shape index (κ2) is 9.38. The number of methoxy groups -OCH3 is 1. The quantitative estimate of drug-likeness (QED) is 0.374. The Morgan fingerprint density at radius 1 is 0.833 bits per heavy atom. The summed E-state index contributed by atoms with van der Waals surface area (Å²) in [6, 6.07) is 17.2. The van der Waals surface area contributed by atoms with E-state index in [4.69, 9.17) is 4.74 Å². The second-order valence-electron chi connectivity index (χ2n) is 9.71. The van der Waals surface area contributed by atoms with E-state index in [1.807, 2.05) is 32.9 Å². The molecule has 3 aromatic carbocycles. The average Bonchev–Trinajstić information content (AvgIpc) is 2.86. The molecule has 0 aliphatic heterocycles. The molecule has 3 aromatic rings. The Balaban J connectivity index is 1.83. The summed E-state index contributed by atoms with van der Waals surface area (Å²) in [4.78, 5) is 53.8. The molecule has 4 rings (SSSR count). The van der Waals surface area contributed by atoms with Gasteiger partial charge >= 0.3 is 0 Å². The number of benzene rings is 3. The van der Waals surface area contributed by atoms with Gasteiger partial charge in [-0.05, 0) is 47.4 Å². The zero-order valence-electron chi connectivity index (χ0n) is 20.5. The van der Waals surface area contributed by atoms with Gasteiger partial charge in [0.1, 0.15) is 17.4 Å². The largest absolute Gasteiger partial charge is 0.507 e. The molecule has 1 aliphatic rings. The smallest absolute Gasteiger partial charge is 0.191 e. The van der Waals surface area contributed by atoms with Crippen LogP contribution in [0.5, 0.6) is 11.5 Å². The molecule has 0 saturated carbocycles. The van der Waals surface area contributed by atoms with E-state index in [-0.39, 0.29) is 39.0 Å². The van der Waals surface area contributed by atoms with Crippen LogP contribution in [-0.4, -0.2) is 35.3 Å². The molecule has 1 aliphatic carbocycles. The van der Waals surface area contributed by atoms with Crippen LogP contribution in [-0.2, 0) is 5.41 Å². The van der Waals surface area contributed by atoms with Gasteiger partial charge in [0.15, 0.2) is 23.1 Å². The van der Waals surface area contributed by atoms with E-state index in [2.05, 4.69) is 0 Å². The number of carbonyl (C=O) groups excluding carboxylic acids is 4. The zero-order chi connectivity index (χ0) is 26.2. The third-order valence-electron chi connectivity index (χ3n) is 6.33. The molecule has 0 amide bonds. The van der Waals surface area contributed by atoms with E-state index in [1.165, 1.54) is 37.4 Å². The highest BCUT2D eigenvalue weighted by Crippen LogP contribution is 2.34. The number of aromatic hydroxyl groups is 1. The first kappa shape index (κ1) is 24.8. The molecular formula is C30H26O6. The van der Waals surface area contributed by atoms with Gasteiger partial charge in [-0.1, -0.05) is 57.2 Å². The van der Waals surface area contributed by atoms with Crippen LogP contribution in [0, 0.1) is 5.92 Å². The minimum atomic E-state index is -1.54. The van der Waals surface area contributed by atoms with Crippen LogP contribution in [0.3, 0.4) is 0 Å². The molecule has 1 unspecified atom stereocenters. The number of rotatable bonds is 6. The molecule has 0 aromatic heterocycles. The summed E-state index contributed by atoms with van der Waals surface area (Å²) in [6.45, 7) is 6.14. The van der Waals surface area contributed by atoms with Gasteiger partial charge in [-0.15, -0.1) is 0 Å². The molecule has 0 radical (unpaired) electrons. The van der Waals surface area contributed by atoms with Gasteiger partial charge in [-0.3, -0.25) is 19.2 Å². The average molecular weight is 483 g/mol. The highest BCUT2D eigenvalue weighted by atomic mass is 16.5. The molecule has 0 bridgehead atoms. The lowest BCUT2D eigenvalue weighted by Crippen LogP contribution is -2.33. The fourth-order valence-corrected chi connectivity index (χ4v) is 4.26. The van der Waals surface area contributed by atoms with Gasteiger partial charge in [0, 0.05) is 22.3 Å². The Morgan fingerprint density at radius 3 is 1.92 bits per heavy atom. The Kier molecular flexibility index (Phi) is 6.46. The van der Waals surface area contributed by atoms with Crippen molar-refractivity contribution in [1.82, 2.24) is 0 Å². The van der Waals surface area contributed by atoms with E-state index in [0.29, 0.717) is 5.75 Å². The molecular weight excluding hydrogens is 456 g/mol. The number of fused-ring (bicyclic) bond motifs is 1. The van der Waals surface area contributed by atoms with E-state index in [9.17, 15) is 24.3 Å². The predicted molar refractivity (Wildman–Crippen MR) is 135 cm³/mol. The maximum absolute atomic E-state index is 13.8. The maximum Gasteiger partial charge on any atom is 0.191 e. The minimum Gasteiger partial charge on any atom is -0.507 e. The molecule has 182 valence electrons. The van der Waals surface area contributed by atoms with Crippen LogP contribution >= 0.6 is 0 Å². The Labute approximate surface area is 209 Å². The monoisotopic (exact) mass is 482 g/mol. The third-order valence-corrected chi connectivity index (χ3v) is 6.33. The zero-order valence-corrected chi connectivity index (χ0v) is 20.5. The SMILES string of the molecule is COc1ccc(C(=O)C(C(=O)c2ccc(C(C)(C)C)cc2)C2=CC(=O)c3c(O)cccc3C2=O)cc1. The molecule has 1 N–H and O–H groups in total. The fourth-order valence-electron chi connectivity index (χ4n) is 4.26. The van der Waals surface area contributed by atoms with Gasteiger partial charge in [-0.2, -0.15) is 0 Å². The van der Waals surface area contributed by atoms with E-state index >= 15 is 0 Å². The molecule has 0 saturated heterocycles. The fraction of sp³-hybridized carbons (Fsp3) is 0.200. The van der Waals surface area contributed by atoms with Crippen LogP contribution < -0.4 is 4.74 Å². The number of phenolic OH excluding ortho intramolecular Hbond substituents is 1. The van der Waals surface area contributed by atoms with Crippen molar-refractivity contribution in [2.45, 2.75) is 26.2 Å². The molecule has 6 nitrogen and oxygen atoms in total. The predicted octanol–water partition coefficient (Wildman–Crippen LogP) is 5.39. The van der Waals surface area contributed by atoms with Gasteiger partial charge in [-0.25, -0.2) is 0 Å². The number of hydrogen-bond donors (Lipinski definition) is 1. The third kappa shape index (κ3) is 4.50. The highest BCUT2D eigenvalue weighted by molar-refractivity contribution is 6.31. The van der Waals surface area contributed by atoms with Crippen molar-refractivity contribution >= 4 is 23.1 Å². The maximum atomic E-state index is 13.8. The van der Waals surface area contributed by atoms with Crippen molar-refractivity contribution in [3.05, 3.63) is 106 Å². The summed E-state index contributed by atoms with van der Waals surface area (Å²) in [5.74, 6) is -3.83. The van der Waals surface area contributed by atoms with Crippen molar-refractivity contribution in [2.24, 2.45) is 5.92 Å². The van der Waals surface area contributed by atoms with Gasteiger partial charge in [0.2, 0.25) is 0 Å². The first-order valence-electron chi connectivity index (χ1n) is 11.5. The van der Waals surface area contributed by atoms with E-state index in [0.717, 1.165) is 11.6 Å². The minimum absolute atomic E-state index is 0.0408. The van der Waals surface area contributed by atoms with Gasteiger partial charge < -0.3 is 9.84 Å². The number of carbonyl (C=O) groups is 4. The van der Waals surface area contributed by atoms with Crippen molar-refractivity contribution in [3.8, 4) is 11.5 Å². The molecule has 1 atom stereocenters. The molecule has 36 heavy (non-hydrogen) atoms. The molecule has 0 heterocycles. The summed E-state index contributed by atoms with van der Waals surface area (Å²) in [7, 11) is 1.49. The summed E-state index contributed by atoms with van der Waals surface area (Å²) in [6.07, 6.45) is 0.998. The van der Waals surface area contributed by atoms with Crippen molar-refractivity contribution < 1.29 is 29.0 Å². The number of phenols is 1. The molecule has 6 heteroatoms. The summed E-state index contributed by atoms with van der Waals surface area (Å²) in [5.41, 5.74) is 0.916. The topological polar surface area (TPSA) is 97.7 Å². The number of hydrogen-bond acceptors (Lipinski definition) is 6. The lowest BCUT2D eigenvalue weighted by molar-refractivity contribution is 0.0808. The van der Waals surface area contributed by atoms with Crippen molar-refractivity contribution in [2.75, 3.05) is 7.11 Å². The summed E-state index contributed by atoms with van der Waals surface area (Å²) in [5, 5.41) is 10.1. The van der Waals surface area contributed by atoms with Crippen LogP contribution in [0.1, 0.15) is 67.8 Å². The van der Waals surface area contributed by atoms with E-state index in [1.54, 1.807) is 24.3 Å². The van der Waals surface area contributed by atoms with Crippen LogP contribution in [0.2, 0.25) is 0 Å². The van der Waals surface area contributed by atoms with Gasteiger partial charge in [0.25, 0.3) is 0 Å². The number of Topliss-reactive ketones (excluding diaryl/α,β-unsaturated/α-hetero) is 3. The summed E-state index contributed by atoms with van der Waals surface area (Å²) < 4.78 is 5.15. The second-order valence-corrected chi connectivity index (χ2v) is 9.71. The number of allylic oxidation sites excluding steroid dienone is 2. The van der Waals surface area contributed by atoms with Crippen molar-refractivity contribution in [1.29, 1.82) is 0 Å². The Bertz CT molecular complexity index is 1400. The first-order valence-corrected chi connectivity index (χ1v) is 11.5. The van der Waals surface area contributed by atoms with Crippen LogP contribution in [0.25, 0.3) is 0 Å². The highest BCUT2D eigenvalue weighted by Gasteiger charge is 2.40. The molecule has 0 spiro atoms. The first-order chi connectivity index (χ1) is 17.0. The van der Waals surface area contributed by atoms with E-state index < -0.39 is 29.1 Å². The number of ether oxygens (including phenoxy) is 1. The standard InChI is InChI=1S/C30H26O6/c1-30(2,3)19-12-8-17(9-13-19)27(33)26(28(34)18-10-14-20(36-4)15-11-18)22-16-24(32)25-21(29(22)35)6-5-7-23(25)31/h5-16,26,31H,1-4H3. The lowest BCUT2D eigenvalue weighted by atomic mass is 9.76. The normalized spacial score (nSPS) is 14.1. The Hall–Kier alpha value is -4.32. The summed E-state index contributed by atoms with van der Waals surface area (Å²) >= 11 is 0. The van der Waals surface area contributed by atoms with Crippen LogP contribution in [0.4, 0.5) is 0 Å². The Morgan fingerprint density at radius 2 is 1.39 bits per heavy atom. The number of ketones is 4. The molecule has 0 fully saturated rings. The van der Waals surface area contributed by atoms with Crippen molar-refractivity contribution in [3.63, 3.8) is 0 Å². The van der Waals surface area contributed by atoms with Crippen LogP contribution in [0.15, 0.2) is 78.4 Å². The lowest BCUT2D eigenvalue weighted by Gasteiger charge is -2.23.